The lowest BCUT2D eigenvalue weighted by Crippen LogP contribution is -2.30. The van der Waals surface area contributed by atoms with Gasteiger partial charge >= 0.3 is 0 Å². The van der Waals surface area contributed by atoms with Crippen LogP contribution < -0.4 is 9.47 Å². The molecule has 3 aromatic heterocycles. The number of rotatable bonds is 10. The van der Waals surface area contributed by atoms with Crippen LogP contribution in [0.5, 0.6) is 11.8 Å². The van der Waals surface area contributed by atoms with Gasteiger partial charge in [-0.05, 0) is 6.92 Å². The summed E-state index contributed by atoms with van der Waals surface area (Å²) in [5.74, 6) is -6.39. The molecule has 1 aliphatic carbocycles. The lowest BCUT2D eigenvalue weighted by atomic mass is 10.2. The highest BCUT2D eigenvalue weighted by Crippen LogP contribution is 2.61. The van der Waals surface area contributed by atoms with Crippen molar-refractivity contribution in [1.29, 1.82) is 0 Å². The Bertz CT molecular complexity index is 1370. The Morgan fingerprint density at radius 3 is 2.14 bits per heavy atom. The third kappa shape index (κ3) is 4.82. The van der Waals surface area contributed by atoms with Crippen LogP contribution in [0.3, 0.4) is 0 Å². The van der Waals surface area contributed by atoms with Gasteiger partial charge in [0.05, 0.1) is 30.4 Å². The van der Waals surface area contributed by atoms with E-state index in [-0.39, 0.29) is 39.9 Å². The van der Waals surface area contributed by atoms with E-state index in [0.717, 1.165) is 6.33 Å². The highest BCUT2D eigenvalue weighted by atomic mass is 35.5. The van der Waals surface area contributed by atoms with E-state index in [1.54, 1.807) is 0 Å². The first-order chi connectivity index (χ1) is 17.5. The maximum absolute atomic E-state index is 14.4. The van der Waals surface area contributed by atoms with Crippen molar-refractivity contribution in [3.8, 4) is 17.4 Å². The maximum atomic E-state index is 14.4. The molecule has 0 unspecified atom stereocenters. The Balaban J connectivity index is 1.80. The van der Waals surface area contributed by atoms with Crippen LogP contribution in [-0.4, -0.2) is 75.6 Å². The van der Waals surface area contributed by atoms with Crippen LogP contribution in [0.15, 0.2) is 18.7 Å². The van der Waals surface area contributed by atoms with E-state index < -0.39 is 44.7 Å². The summed E-state index contributed by atoms with van der Waals surface area (Å²) < 4.78 is 73.1. The van der Waals surface area contributed by atoms with Crippen LogP contribution in [-0.2, 0) is 20.3 Å². The van der Waals surface area contributed by atoms with Crippen LogP contribution >= 0.6 is 11.6 Å². The fourth-order valence-electron chi connectivity index (χ4n) is 4.06. The van der Waals surface area contributed by atoms with E-state index >= 15 is 0 Å². The topological polar surface area (TPSA) is 144 Å². The summed E-state index contributed by atoms with van der Waals surface area (Å²) in [6, 6.07) is 0. The Morgan fingerprint density at radius 2 is 1.65 bits per heavy atom. The standard InChI is InChI=1S/C21H24ClF2N7O5S/c1-10-14(21(10,23)24)18-30-29-13(31(18)15-19(35-4)27-9-28-20(15)36-5)8-37(32,33)11(2)16(34-3)17-25-6-12(22)7-26-17/h6-7,9-11,14,16H,8H2,1-5H3/t10-,11-,14-,16-/m0/s1. The minimum absolute atomic E-state index is 0.00424. The predicted octanol–water partition coefficient (Wildman–Crippen LogP) is 2.58. The van der Waals surface area contributed by atoms with Crippen molar-refractivity contribution in [3.63, 3.8) is 0 Å². The van der Waals surface area contributed by atoms with Crippen molar-refractivity contribution < 1.29 is 31.4 Å². The average molecular weight is 560 g/mol. The average Bonchev–Trinajstić information content (AvgIpc) is 3.15. The molecule has 0 saturated heterocycles. The molecule has 200 valence electrons. The van der Waals surface area contributed by atoms with E-state index in [9.17, 15) is 17.2 Å². The Labute approximate surface area is 216 Å². The lowest BCUT2D eigenvalue weighted by molar-refractivity contribution is 0.0948. The van der Waals surface area contributed by atoms with Gasteiger partial charge in [-0.25, -0.2) is 27.2 Å². The van der Waals surface area contributed by atoms with Gasteiger partial charge in [0.15, 0.2) is 27.2 Å². The highest BCUT2D eigenvalue weighted by molar-refractivity contribution is 7.91. The molecular formula is C21H24ClF2N7O5S. The van der Waals surface area contributed by atoms with Crippen molar-refractivity contribution in [2.75, 3.05) is 21.3 Å². The third-order valence-electron chi connectivity index (χ3n) is 6.28. The molecule has 0 N–H and O–H groups in total. The van der Waals surface area contributed by atoms with Crippen molar-refractivity contribution in [1.82, 2.24) is 34.7 Å². The second kappa shape index (κ2) is 10.0. The Morgan fingerprint density at radius 1 is 1.08 bits per heavy atom. The van der Waals surface area contributed by atoms with Crippen LogP contribution in [0.4, 0.5) is 8.78 Å². The second-order valence-corrected chi connectivity index (χ2v) is 11.2. The normalized spacial score (nSPS) is 20.3. The maximum Gasteiger partial charge on any atom is 0.261 e. The van der Waals surface area contributed by atoms with Gasteiger partial charge in [-0.1, -0.05) is 18.5 Å². The number of hydrogen-bond donors (Lipinski definition) is 0. The molecule has 0 aromatic carbocycles. The first kappa shape index (κ1) is 27.0. The van der Waals surface area contributed by atoms with Gasteiger partial charge < -0.3 is 14.2 Å². The van der Waals surface area contributed by atoms with Gasteiger partial charge in [-0.15, -0.1) is 10.2 Å². The number of hydrogen-bond acceptors (Lipinski definition) is 11. The Hall–Kier alpha value is -3.04. The van der Waals surface area contributed by atoms with Crippen LogP contribution in [0.25, 0.3) is 5.69 Å². The molecule has 0 radical (unpaired) electrons. The first-order valence-electron chi connectivity index (χ1n) is 10.9. The fourth-order valence-corrected chi connectivity index (χ4v) is 5.57. The molecule has 1 aliphatic rings. The molecule has 12 nitrogen and oxygen atoms in total. The summed E-state index contributed by atoms with van der Waals surface area (Å²) in [4.78, 5) is 16.2. The van der Waals surface area contributed by atoms with E-state index in [1.165, 1.54) is 52.1 Å². The van der Waals surface area contributed by atoms with E-state index in [4.69, 9.17) is 25.8 Å². The van der Waals surface area contributed by atoms with Gasteiger partial charge in [0.2, 0.25) is 11.8 Å². The summed E-state index contributed by atoms with van der Waals surface area (Å²) in [5, 5.41) is 7.05. The zero-order valence-electron chi connectivity index (χ0n) is 20.5. The molecule has 0 bridgehead atoms. The lowest BCUT2D eigenvalue weighted by Gasteiger charge is -2.22. The molecule has 4 rings (SSSR count). The van der Waals surface area contributed by atoms with Crippen LogP contribution in [0.2, 0.25) is 5.02 Å². The number of nitrogens with zero attached hydrogens (tertiary/aromatic N) is 7. The molecule has 3 aromatic rings. The molecule has 4 atom stereocenters. The van der Waals surface area contributed by atoms with Gasteiger partial charge in [-0.2, -0.15) is 9.97 Å². The summed E-state index contributed by atoms with van der Waals surface area (Å²) in [6.07, 6.45) is 2.76. The van der Waals surface area contributed by atoms with Crippen molar-refractivity contribution >= 4 is 21.4 Å². The minimum Gasteiger partial charge on any atom is -0.479 e. The summed E-state index contributed by atoms with van der Waals surface area (Å²) in [6.45, 7) is 2.79. The Kier molecular flexibility index (Phi) is 7.32. The van der Waals surface area contributed by atoms with Gasteiger partial charge in [-0.3, -0.25) is 4.57 Å². The first-order valence-corrected chi connectivity index (χ1v) is 13.0. The number of aromatic nitrogens is 7. The predicted molar refractivity (Wildman–Crippen MR) is 126 cm³/mol. The van der Waals surface area contributed by atoms with Gasteiger partial charge in [0.1, 0.15) is 24.0 Å². The van der Waals surface area contributed by atoms with Crippen molar-refractivity contribution in [3.05, 3.63) is 41.2 Å². The van der Waals surface area contributed by atoms with E-state index in [0.29, 0.717) is 0 Å². The molecule has 1 saturated carbocycles. The number of ether oxygens (including phenoxy) is 3. The van der Waals surface area contributed by atoms with Crippen molar-refractivity contribution in [2.45, 2.75) is 42.8 Å². The monoisotopic (exact) mass is 559 g/mol. The number of methoxy groups -OCH3 is 3. The molecule has 0 aliphatic heterocycles. The second-order valence-electron chi connectivity index (χ2n) is 8.42. The summed E-state index contributed by atoms with van der Waals surface area (Å²) >= 11 is 5.84. The molecule has 37 heavy (non-hydrogen) atoms. The largest absolute Gasteiger partial charge is 0.479 e. The zero-order chi connectivity index (χ0) is 27.1. The molecule has 1 fully saturated rings. The van der Waals surface area contributed by atoms with Crippen LogP contribution in [0.1, 0.15) is 43.3 Å². The number of alkyl halides is 2. The molecule has 3 heterocycles. The number of sulfone groups is 1. The SMILES string of the molecule is COc1ncnc(OC)c1-n1c(CS(=O)(=O)[C@@H](C)[C@H](OC)c2ncc(Cl)cn2)nnc1[C@@H]1[C@H](C)C1(F)F. The number of halogens is 3. The molecule has 16 heteroatoms. The summed E-state index contributed by atoms with van der Waals surface area (Å²) in [5.41, 5.74) is 0.00424. The summed E-state index contributed by atoms with van der Waals surface area (Å²) in [7, 11) is -0.102. The highest BCUT2D eigenvalue weighted by Gasteiger charge is 2.68. The van der Waals surface area contributed by atoms with Gasteiger partial charge in [0, 0.05) is 25.4 Å². The van der Waals surface area contributed by atoms with E-state index in [2.05, 4.69) is 30.1 Å². The van der Waals surface area contributed by atoms with Crippen molar-refractivity contribution in [2.24, 2.45) is 5.92 Å². The molecular weight excluding hydrogens is 536 g/mol. The molecule has 0 spiro atoms. The van der Waals surface area contributed by atoms with Crippen LogP contribution in [0, 0.1) is 5.92 Å². The fraction of sp³-hybridized carbons (Fsp3) is 0.524. The quantitative estimate of drug-likeness (QED) is 0.361. The third-order valence-corrected chi connectivity index (χ3v) is 8.52. The zero-order valence-corrected chi connectivity index (χ0v) is 22.0. The molecule has 0 amide bonds. The van der Waals surface area contributed by atoms with E-state index in [1.807, 2.05) is 0 Å². The smallest absolute Gasteiger partial charge is 0.261 e. The minimum atomic E-state index is -4.06. The van der Waals surface area contributed by atoms with Gasteiger partial charge in [0.25, 0.3) is 5.92 Å².